The first-order valence-corrected chi connectivity index (χ1v) is 11.0. The molecule has 1 heterocycles. The SMILES string of the molecule is CCCCN(C)S(=O)(=O)N1CCN(S(=O)(=O)N(CC)CC)CC1. The Balaban J connectivity index is 2.72. The van der Waals surface area contributed by atoms with Gasteiger partial charge >= 0.3 is 0 Å². The van der Waals surface area contributed by atoms with E-state index in [1.807, 2.05) is 6.92 Å². The fourth-order valence-corrected chi connectivity index (χ4v) is 5.52. The van der Waals surface area contributed by atoms with Gasteiger partial charge in [0.05, 0.1) is 0 Å². The quantitative estimate of drug-likeness (QED) is 0.579. The van der Waals surface area contributed by atoms with Crippen molar-refractivity contribution in [3.63, 3.8) is 0 Å². The highest BCUT2D eigenvalue weighted by atomic mass is 32.2. The zero-order chi connectivity index (χ0) is 17.7. The van der Waals surface area contributed by atoms with Gasteiger partial charge in [-0.25, -0.2) is 0 Å². The lowest BCUT2D eigenvalue weighted by atomic mass is 10.3. The first kappa shape index (κ1) is 20.8. The van der Waals surface area contributed by atoms with Crippen LogP contribution in [0.3, 0.4) is 0 Å². The molecule has 0 saturated carbocycles. The summed E-state index contributed by atoms with van der Waals surface area (Å²) in [5.74, 6) is 0. The van der Waals surface area contributed by atoms with Crippen molar-refractivity contribution >= 4 is 20.4 Å². The normalized spacial score (nSPS) is 18.9. The van der Waals surface area contributed by atoms with Crippen molar-refractivity contribution in [1.29, 1.82) is 0 Å². The van der Waals surface area contributed by atoms with Gasteiger partial charge in [0.15, 0.2) is 0 Å². The molecule has 0 aliphatic carbocycles. The minimum Gasteiger partial charge on any atom is -0.195 e. The van der Waals surface area contributed by atoms with Crippen LogP contribution >= 0.6 is 0 Å². The predicted molar refractivity (Wildman–Crippen MR) is 91.4 cm³/mol. The first-order chi connectivity index (χ1) is 10.7. The molecule has 0 aromatic heterocycles. The Bertz CT molecular complexity index is 553. The maximum atomic E-state index is 12.5. The summed E-state index contributed by atoms with van der Waals surface area (Å²) in [6.45, 7) is 7.69. The van der Waals surface area contributed by atoms with Crippen LogP contribution in [0, 0.1) is 0 Å². The third-order valence-electron chi connectivity index (χ3n) is 4.10. The fraction of sp³-hybridized carbons (Fsp3) is 1.00. The highest BCUT2D eigenvalue weighted by molar-refractivity contribution is 7.87. The molecule has 0 aromatic carbocycles. The molecule has 0 radical (unpaired) electrons. The Labute approximate surface area is 141 Å². The fourth-order valence-electron chi connectivity index (χ4n) is 2.54. The molecule has 138 valence electrons. The molecule has 1 aliphatic heterocycles. The van der Waals surface area contributed by atoms with Gasteiger partial charge in [-0.3, -0.25) is 0 Å². The van der Waals surface area contributed by atoms with Crippen LogP contribution in [0.1, 0.15) is 33.6 Å². The number of unbranched alkanes of at least 4 members (excludes halogenated alkanes) is 1. The monoisotopic (exact) mass is 370 g/mol. The third kappa shape index (κ3) is 4.86. The molecule has 1 rings (SSSR count). The van der Waals surface area contributed by atoms with E-state index in [1.54, 1.807) is 20.9 Å². The third-order valence-corrected chi connectivity index (χ3v) is 8.28. The Morgan fingerprint density at radius 2 is 1.26 bits per heavy atom. The Kier molecular flexibility index (Phi) is 7.88. The van der Waals surface area contributed by atoms with Crippen molar-refractivity contribution in [1.82, 2.24) is 17.2 Å². The highest BCUT2D eigenvalue weighted by Crippen LogP contribution is 2.16. The molecular formula is C13H30N4O4S2. The summed E-state index contributed by atoms with van der Waals surface area (Å²) in [6, 6.07) is 0. The van der Waals surface area contributed by atoms with Gasteiger partial charge in [0.2, 0.25) is 0 Å². The summed E-state index contributed by atoms with van der Waals surface area (Å²) < 4.78 is 55.3. The summed E-state index contributed by atoms with van der Waals surface area (Å²) in [4.78, 5) is 0. The van der Waals surface area contributed by atoms with Gasteiger partial charge in [-0.15, -0.1) is 0 Å². The van der Waals surface area contributed by atoms with Crippen molar-refractivity contribution < 1.29 is 16.8 Å². The zero-order valence-corrected chi connectivity index (χ0v) is 16.2. The van der Waals surface area contributed by atoms with Crippen molar-refractivity contribution in [2.45, 2.75) is 33.6 Å². The standard InChI is InChI=1S/C13H30N4O4S2/c1-5-8-9-14(4)22(18,19)16-10-12-17(13-11-16)23(20,21)15(6-2)7-3/h5-13H2,1-4H3. The largest absolute Gasteiger partial charge is 0.282 e. The summed E-state index contributed by atoms with van der Waals surface area (Å²) in [5, 5.41) is 0. The minimum atomic E-state index is -3.50. The highest BCUT2D eigenvalue weighted by Gasteiger charge is 2.35. The second kappa shape index (κ2) is 8.72. The van der Waals surface area contributed by atoms with Crippen LogP contribution in [0.5, 0.6) is 0 Å². The first-order valence-electron chi connectivity index (χ1n) is 8.18. The minimum absolute atomic E-state index is 0.194. The lowest BCUT2D eigenvalue weighted by Crippen LogP contribution is -2.56. The molecule has 8 nitrogen and oxygen atoms in total. The van der Waals surface area contributed by atoms with Gasteiger partial charge in [0.25, 0.3) is 20.4 Å². The summed E-state index contributed by atoms with van der Waals surface area (Å²) >= 11 is 0. The van der Waals surface area contributed by atoms with Crippen LogP contribution in [0.4, 0.5) is 0 Å². The van der Waals surface area contributed by atoms with Crippen LogP contribution < -0.4 is 0 Å². The number of nitrogens with zero attached hydrogens (tertiary/aromatic N) is 4. The van der Waals surface area contributed by atoms with E-state index >= 15 is 0 Å². The lowest BCUT2D eigenvalue weighted by molar-refractivity contribution is 0.245. The molecule has 0 unspecified atom stereocenters. The van der Waals surface area contributed by atoms with E-state index in [1.165, 1.54) is 17.2 Å². The molecule has 1 aliphatic rings. The molecule has 23 heavy (non-hydrogen) atoms. The summed E-state index contributed by atoms with van der Waals surface area (Å²) in [6.07, 6.45) is 1.74. The molecule has 10 heteroatoms. The molecular weight excluding hydrogens is 340 g/mol. The van der Waals surface area contributed by atoms with Gasteiger partial charge in [-0.05, 0) is 6.42 Å². The van der Waals surface area contributed by atoms with E-state index in [0.717, 1.165) is 12.8 Å². The molecule has 0 atom stereocenters. The number of hydrogen-bond donors (Lipinski definition) is 0. The van der Waals surface area contributed by atoms with Crippen molar-refractivity contribution in [3.8, 4) is 0 Å². The number of hydrogen-bond acceptors (Lipinski definition) is 4. The smallest absolute Gasteiger partial charge is 0.195 e. The van der Waals surface area contributed by atoms with E-state index in [2.05, 4.69) is 0 Å². The van der Waals surface area contributed by atoms with Gasteiger partial charge in [-0.1, -0.05) is 27.2 Å². The Morgan fingerprint density at radius 3 is 1.65 bits per heavy atom. The van der Waals surface area contributed by atoms with Crippen molar-refractivity contribution in [3.05, 3.63) is 0 Å². The summed E-state index contributed by atoms with van der Waals surface area (Å²) in [5.41, 5.74) is 0. The number of rotatable bonds is 9. The van der Waals surface area contributed by atoms with Crippen molar-refractivity contribution in [2.75, 3.05) is 52.9 Å². The second-order valence-electron chi connectivity index (χ2n) is 5.57. The second-order valence-corrected chi connectivity index (χ2v) is 9.54. The van der Waals surface area contributed by atoms with Gasteiger partial charge in [-0.2, -0.15) is 34.1 Å². The van der Waals surface area contributed by atoms with Crippen LogP contribution in [-0.4, -0.2) is 86.9 Å². The average molecular weight is 371 g/mol. The Morgan fingerprint density at radius 1 is 0.826 bits per heavy atom. The molecule has 0 bridgehead atoms. The molecule has 1 saturated heterocycles. The molecule has 1 fully saturated rings. The molecule has 0 N–H and O–H groups in total. The van der Waals surface area contributed by atoms with E-state index < -0.39 is 20.4 Å². The van der Waals surface area contributed by atoms with Crippen LogP contribution in [0.2, 0.25) is 0 Å². The molecule has 0 spiro atoms. The maximum Gasteiger partial charge on any atom is 0.282 e. The topological polar surface area (TPSA) is 81.2 Å². The predicted octanol–water partition coefficient (Wildman–Crippen LogP) is 0.167. The van der Waals surface area contributed by atoms with Gasteiger partial charge < -0.3 is 0 Å². The van der Waals surface area contributed by atoms with Crippen LogP contribution in [0.15, 0.2) is 0 Å². The van der Waals surface area contributed by atoms with E-state index in [9.17, 15) is 16.8 Å². The van der Waals surface area contributed by atoms with E-state index in [4.69, 9.17) is 0 Å². The van der Waals surface area contributed by atoms with Gasteiger partial charge in [0, 0.05) is 52.9 Å². The average Bonchev–Trinajstić information content (AvgIpc) is 2.53. The molecule has 0 aromatic rings. The van der Waals surface area contributed by atoms with E-state index in [-0.39, 0.29) is 26.2 Å². The zero-order valence-electron chi connectivity index (χ0n) is 14.6. The Hall–Kier alpha value is -0.260. The van der Waals surface area contributed by atoms with Crippen LogP contribution in [0.25, 0.3) is 0 Å². The van der Waals surface area contributed by atoms with Gasteiger partial charge in [0.1, 0.15) is 0 Å². The summed E-state index contributed by atoms with van der Waals surface area (Å²) in [7, 11) is -5.43. The number of piperazine rings is 1. The maximum absolute atomic E-state index is 12.5. The van der Waals surface area contributed by atoms with Crippen LogP contribution in [-0.2, 0) is 20.4 Å². The van der Waals surface area contributed by atoms with E-state index in [0.29, 0.717) is 19.6 Å². The van der Waals surface area contributed by atoms with Crippen molar-refractivity contribution in [2.24, 2.45) is 0 Å². The lowest BCUT2D eigenvalue weighted by Gasteiger charge is -2.37. The molecule has 0 amide bonds.